The topological polar surface area (TPSA) is 88.6 Å². The van der Waals surface area contributed by atoms with Crippen molar-refractivity contribution in [2.45, 2.75) is 50.2 Å². The van der Waals surface area contributed by atoms with Crippen LogP contribution in [0, 0.1) is 0 Å². The van der Waals surface area contributed by atoms with Crippen LogP contribution >= 0.6 is 0 Å². The van der Waals surface area contributed by atoms with Crippen LogP contribution < -0.4 is 5.32 Å². The molecular weight excluding hydrogens is 330 g/mol. The summed E-state index contributed by atoms with van der Waals surface area (Å²) in [6, 6.07) is 3.40. The second-order valence-electron chi connectivity index (χ2n) is 7.04. The van der Waals surface area contributed by atoms with Gasteiger partial charge in [0, 0.05) is 31.6 Å². The van der Waals surface area contributed by atoms with E-state index in [-0.39, 0.29) is 17.0 Å². The van der Waals surface area contributed by atoms with E-state index in [1.807, 2.05) is 20.8 Å². The second kappa shape index (κ2) is 6.96. The lowest BCUT2D eigenvalue weighted by Gasteiger charge is -2.33. The molecular formula is C16H25N3O4S. The van der Waals surface area contributed by atoms with Crippen LogP contribution in [0.3, 0.4) is 0 Å². The molecule has 134 valence electrons. The lowest BCUT2D eigenvalue weighted by molar-refractivity contribution is 0.0210. The molecule has 0 radical (unpaired) electrons. The lowest BCUT2D eigenvalue weighted by Crippen LogP contribution is -2.44. The Labute approximate surface area is 143 Å². The summed E-state index contributed by atoms with van der Waals surface area (Å²) in [7, 11) is -3.23. The van der Waals surface area contributed by atoms with E-state index in [0.717, 1.165) is 19.1 Å². The highest BCUT2D eigenvalue weighted by Crippen LogP contribution is 2.18. The smallest absolute Gasteiger partial charge is 0.410 e. The van der Waals surface area contributed by atoms with Gasteiger partial charge in [0.2, 0.25) is 0 Å². The summed E-state index contributed by atoms with van der Waals surface area (Å²) in [5.41, 5.74) is -0.489. The Morgan fingerprint density at radius 2 is 1.92 bits per heavy atom. The average molecular weight is 355 g/mol. The maximum absolute atomic E-state index is 12.0. The van der Waals surface area contributed by atoms with Crippen molar-refractivity contribution < 1.29 is 17.9 Å². The van der Waals surface area contributed by atoms with E-state index in [1.54, 1.807) is 17.0 Å². The standard InChI is InChI=1S/C16H25N3O4S/c1-16(2,3)23-15(20)19-9-7-12(8-10-19)18-14-6-5-13(11-17-14)24(4,21)22/h5-6,11-12H,7-10H2,1-4H3,(H,17,18). The molecule has 0 saturated carbocycles. The molecule has 0 aliphatic carbocycles. The summed E-state index contributed by atoms with van der Waals surface area (Å²) < 4.78 is 28.2. The quantitative estimate of drug-likeness (QED) is 0.895. The summed E-state index contributed by atoms with van der Waals surface area (Å²) in [4.78, 5) is 18.1. The molecule has 8 heteroatoms. The number of pyridine rings is 1. The van der Waals surface area contributed by atoms with Crippen molar-refractivity contribution in [3.63, 3.8) is 0 Å². The average Bonchev–Trinajstić information content (AvgIpc) is 2.46. The summed E-state index contributed by atoms with van der Waals surface area (Å²) in [6.45, 7) is 6.79. The van der Waals surface area contributed by atoms with E-state index in [9.17, 15) is 13.2 Å². The number of nitrogens with zero attached hydrogens (tertiary/aromatic N) is 2. The fourth-order valence-corrected chi connectivity index (χ4v) is 2.99. The highest BCUT2D eigenvalue weighted by Gasteiger charge is 2.26. The van der Waals surface area contributed by atoms with E-state index in [2.05, 4.69) is 10.3 Å². The molecule has 0 aromatic carbocycles. The number of likely N-dealkylation sites (tertiary alicyclic amines) is 1. The van der Waals surface area contributed by atoms with Crippen LogP contribution in [0.1, 0.15) is 33.6 Å². The van der Waals surface area contributed by atoms with Gasteiger partial charge in [0.1, 0.15) is 11.4 Å². The van der Waals surface area contributed by atoms with Crippen molar-refractivity contribution in [1.82, 2.24) is 9.88 Å². The van der Waals surface area contributed by atoms with Gasteiger partial charge in [-0.3, -0.25) is 0 Å². The van der Waals surface area contributed by atoms with Crippen molar-refractivity contribution in [2.24, 2.45) is 0 Å². The normalized spacial score (nSPS) is 16.8. The van der Waals surface area contributed by atoms with Gasteiger partial charge >= 0.3 is 6.09 Å². The first-order chi connectivity index (χ1) is 11.0. The zero-order valence-electron chi connectivity index (χ0n) is 14.6. The minimum atomic E-state index is -3.23. The maximum atomic E-state index is 12.0. The first kappa shape index (κ1) is 18.5. The van der Waals surface area contributed by atoms with Gasteiger partial charge in [0.25, 0.3) is 0 Å². The highest BCUT2D eigenvalue weighted by molar-refractivity contribution is 7.90. The molecule has 1 aromatic rings. The Balaban J connectivity index is 1.86. The Morgan fingerprint density at radius 3 is 2.38 bits per heavy atom. The van der Waals surface area contributed by atoms with Crippen LogP contribution in [0.5, 0.6) is 0 Å². The third kappa shape index (κ3) is 5.36. The Hall–Kier alpha value is -1.83. The molecule has 1 N–H and O–H groups in total. The summed E-state index contributed by atoms with van der Waals surface area (Å²) in [6.07, 6.45) is 3.80. The van der Waals surface area contributed by atoms with Crippen molar-refractivity contribution >= 4 is 21.7 Å². The van der Waals surface area contributed by atoms with Crippen LogP contribution in [0.2, 0.25) is 0 Å². The molecule has 2 rings (SSSR count). The third-order valence-corrected chi connectivity index (χ3v) is 4.76. The molecule has 1 fully saturated rings. The molecule has 0 spiro atoms. The van der Waals surface area contributed by atoms with Crippen LogP contribution in [-0.4, -0.2) is 55.4 Å². The number of nitrogens with one attached hydrogen (secondary N) is 1. The van der Waals surface area contributed by atoms with E-state index in [0.29, 0.717) is 18.9 Å². The Kier molecular flexibility index (Phi) is 5.37. The van der Waals surface area contributed by atoms with Crippen LogP contribution in [0.25, 0.3) is 0 Å². The number of hydrogen-bond acceptors (Lipinski definition) is 6. The van der Waals surface area contributed by atoms with E-state index < -0.39 is 15.4 Å². The fraction of sp³-hybridized carbons (Fsp3) is 0.625. The summed E-state index contributed by atoms with van der Waals surface area (Å²) >= 11 is 0. The van der Waals surface area contributed by atoms with Gasteiger partial charge < -0.3 is 15.0 Å². The van der Waals surface area contributed by atoms with E-state index in [4.69, 9.17) is 4.74 Å². The number of carbonyl (C=O) groups is 1. The van der Waals surface area contributed by atoms with Crippen LogP contribution in [-0.2, 0) is 14.6 Å². The number of ether oxygens (including phenoxy) is 1. The SMILES string of the molecule is CC(C)(C)OC(=O)N1CCC(Nc2ccc(S(C)(=O)=O)cn2)CC1. The minimum absolute atomic E-state index is 0.195. The Bertz CT molecular complexity index is 672. The molecule has 1 aliphatic rings. The van der Waals surface area contributed by atoms with Gasteiger partial charge in [0.05, 0.1) is 4.90 Å². The van der Waals surface area contributed by atoms with Crippen LogP contribution in [0.15, 0.2) is 23.2 Å². The highest BCUT2D eigenvalue weighted by atomic mass is 32.2. The lowest BCUT2D eigenvalue weighted by atomic mass is 10.1. The number of sulfone groups is 1. The molecule has 1 saturated heterocycles. The number of piperidine rings is 1. The van der Waals surface area contributed by atoms with Gasteiger partial charge in [-0.05, 0) is 45.7 Å². The zero-order chi connectivity index (χ0) is 18.0. The van der Waals surface area contributed by atoms with Crippen molar-refractivity contribution in [1.29, 1.82) is 0 Å². The van der Waals surface area contributed by atoms with Crippen molar-refractivity contribution in [3.05, 3.63) is 18.3 Å². The summed E-state index contributed by atoms with van der Waals surface area (Å²) in [5, 5.41) is 3.28. The maximum Gasteiger partial charge on any atom is 0.410 e. The van der Waals surface area contributed by atoms with Crippen LogP contribution in [0.4, 0.5) is 10.6 Å². The first-order valence-corrected chi connectivity index (χ1v) is 9.84. The molecule has 24 heavy (non-hydrogen) atoms. The van der Waals surface area contributed by atoms with E-state index in [1.165, 1.54) is 6.20 Å². The third-order valence-electron chi connectivity index (χ3n) is 3.66. The molecule has 1 aliphatic heterocycles. The first-order valence-electron chi connectivity index (χ1n) is 7.95. The molecule has 1 amide bonds. The van der Waals surface area contributed by atoms with Gasteiger partial charge in [-0.25, -0.2) is 18.2 Å². The van der Waals surface area contributed by atoms with Gasteiger partial charge in [-0.1, -0.05) is 0 Å². The monoisotopic (exact) mass is 355 g/mol. The zero-order valence-corrected chi connectivity index (χ0v) is 15.4. The number of rotatable bonds is 3. The van der Waals surface area contributed by atoms with Crippen molar-refractivity contribution in [3.8, 4) is 0 Å². The second-order valence-corrected chi connectivity index (χ2v) is 9.05. The molecule has 0 unspecified atom stereocenters. The number of hydrogen-bond donors (Lipinski definition) is 1. The number of amides is 1. The number of carbonyl (C=O) groups excluding carboxylic acids is 1. The van der Waals surface area contributed by atoms with Gasteiger partial charge in [0.15, 0.2) is 9.84 Å². The Morgan fingerprint density at radius 1 is 1.29 bits per heavy atom. The predicted molar refractivity (Wildman–Crippen MR) is 91.8 cm³/mol. The van der Waals surface area contributed by atoms with E-state index >= 15 is 0 Å². The predicted octanol–water partition coefficient (Wildman–Crippen LogP) is 2.30. The molecule has 0 bridgehead atoms. The fourth-order valence-electron chi connectivity index (χ4n) is 2.43. The molecule has 2 heterocycles. The number of aromatic nitrogens is 1. The van der Waals surface area contributed by atoms with Gasteiger partial charge in [-0.15, -0.1) is 0 Å². The summed E-state index contributed by atoms with van der Waals surface area (Å²) in [5.74, 6) is 0.637. The van der Waals surface area contributed by atoms with Gasteiger partial charge in [-0.2, -0.15) is 0 Å². The largest absolute Gasteiger partial charge is 0.444 e. The minimum Gasteiger partial charge on any atom is -0.444 e. The molecule has 7 nitrogen and oxygen atoms in total. The number of anilines is 1. The van der Waals surface area contributed by atoms with Crippen molar-refractivity contribution in [2.75, 3.05) is 24.7 Å². The molecule has 0 atom stereocenters. The molecule has 1 aromatic heterocycles.